The van der Waals surface area contributed by atoms with E-state index in [-0.39, 0.29) is 5.82 Å². The van der Waals surface area contributed by atoms with Crippen LogP contribution in [0.15, 0.2) is 28.8 Å². The molecule has 2 aromatic rings. The molecule has 3 nitrogen and oxygen atoms in total. The van der Waals surface area contributed by atoms with E-state index in [0.717, 1.165) is 24.1 Å². The van der Waals surface area contributed by atoms with E-state index in [1.807, 2.05) is 6.92 Å². The van der Waals surface area contributed by atoms with Crippen molar-refractivity contribution >= 4 is 0 Å². The Kier molecular flexibility index (Phi) is 4.32. The molecule has 0 saturated carbocycles. The molecule has 0 unspecified atom stereocenters. The van der Waals surface area contributed by atoms with Gasteiger partial charge in [-0.05, 0) is 30.7 Å². The predicted octanol–water partition coefficient (Wildman–Crippen LogP) is 3.33. The molecule has 1 aromatic carbocycles. The average molecular weight is 262 g/mol. The molecule has 0 radical (unpaired) electrons. The Morgan fingerprint density at radius 1 is 1.37 bits per heavy atom. The van der Waals surface area contributed by atoms with Crippen molar-refractivity contribution in [2.75, 3.05) is 6.54 Å². The van der Waals surface area contributed by atoms with Crippen LogP contribution in [0.1, 0.15) is 25.3 Å². The van der Waals surface area contributed by atoms with Crippen LogP contribution in [0, 0.1) is 12.7 Å². The highest BCUT2D eigenvalue weighted by Gasteiger charge is 2.09. The molecule has 1 N–H and O–H groups in total. The minimum absolute atomic E-state index is 0.234. The molecular formula is C15H19FN2O. The van der Waals surface area contributed by atoms with Gasteiger partial charge in [0, 0.05) is 24.6 Å². The van der Waals surface area contributed by atoms with Crippen molar-refractivity contribution < 1.29 is 8.81 Å². The first-order valence-electron chi connectivity index (χ1n) is 6.51. The van der Waals surface area contributed by atoms with Crippen molar-refractivity contribution in [1.29, 1.82) is 0 Å². The fraction of sp³-hybridized carbons (Fsp3) is 0.400. The van der Waals surface area contributed by atoms with Gasteiger partial charge in [0.15, 0.2) is 11.7 Å². The summed E-state index contributed by atoms with van der Waals surface area (Å²) in [4.78, 5) is 4.25. The first-order chi connectivity index (χ1) is 9.06. The molecule has 0 saturated heterocycles. The quantitative estimate of drug-likeness (QED) is 0.898. The Morgan fingerprint density at radius 2 is 2.16 bits per heavy atom. The van der Waals surface area contributed by atoms with E-state index in [4.69, 9.17) is 4.42 Å². The molecule has 0 aliphatic rings. The van der Waals surface area contributed by atoms with Gasteiger partial charge in [-0.3, -0.25) is 0 Å². The van der Waals surface area contributed by atoms with Crippen molar-refractivity contribution in [2.24, 2.45) is 0 Å². The SMILES string of the molecule is Cc1cc(F)ccc1-c1cnc(CCNC(C)C)o1. The molecule has 4 heteroatoms. The Balaban J connectivity index is 2.08. The van der Waals surface area contributed by atoms with E-state index in [9.17, 15) is 4.39 Å². The number of aromatic nitrogens is 1. The maximum atomic E-state index is 13.1. The van der Waals surface area contributed by atoms with Crippen molar-refractivity contribution in [1.82, 2.24) is 10.3 Å². The normalized spacial score (nSPS) is 11.2. The number of aryl methyl sites for hydroxylation is 1. The number of benzene rings is 1. The van der Waals surface area contributed by atoms with Crippen LogP contribution in [0.5, 0.6) is 0 Å². The van der Waals surface area contributed by atoms with E-state index < -0.39 is 0 Å². The summed E-state index contributed by atoms with van der Waals surface area (Å²) < 4.78 is 18.8. The molecule has 2 rings (SSSR count). The first kappa shape index (κ1) is 13.7. The lowest BCUT2D eigenvalue weighted by molar-refractivity contribution is 0.484. The molecule has 0 bridgehead atoms. The third-order valence-corrected chi connectivity index (χ3v) is 2.90. The van der Waals surface area contributed by atoms with Crippen LogP contribution in [0.4, 0.5) is 4.39 Å². The van der Waals surface area contributed by atoms with Gasteiger partial charge in [-0.2, -0.15) is 0 Å². The third kappa shape index (κ3) is 3.64. The van der Waals surface area contributed by atoms with Gasteiger partial charge in [-0.25, -0.2) is 9.37 Å². The second-order valence-electron chi connectivity index (χ2n) is 4.94. The summed E-state index contributed by atoms with van der Waals surface area (Å²) in [5, 5.41) is 3.31. The van der Waals surface area contributed by atoms with E-state index in [2.05, 4.69) is 24.1 Å². The molecule has 0 spiro atoms. The van der Waals surface area contributed by atoms with Gasteiger partial charge in [-0.15, -0.1) is 0 Å². The third-order valence-electron chi connectivity index (χ3n) is 2.90. The number of hydrogen-bond donors (Lipinski definition) is 1. The Labute approximate surface area is 112 Å². The smallest absolute Gasteiger partial charge is 0.196 e. The zero-order chi connectivity index (χ0) is 13.8. The molecule has 0 aliphatic carbocycles. The van der Waals surface area contributed by atoms with Crippen molar-refractivity contribution in [3.63, 3.8) is 0 Å². The van der Waals surface area contributed by atoms with Gasteiger partial charge in [0.05, 0.1) is 6.20 Å². The van der Waals surface area contributed by atoms with Crippen molar-refractivity contribution in [3.8, 4) is 11.3 Å². The number of oxazole rings is 1. The van der Waals surface area contributed by atoms with Crippen LogP contribution in [0.25, 0.3) is 11.3 Å². The Bertz CT molecular complexity index is 549. The molecule has 1 aromatic heterocycles. The first-order valence-corrected chi connectivity index (χ1v) is 6.51. The topological polar surface area (TPSA) is 38.1 Å². The second-order valence-corrected chi connectivity index (χ2v) is 4.94. The van der Waals surface area contributed by atoms with Gasteiger partial charge < -0.3 is 9.73 Å². The van der Waals surface area contributed by atoms with Gasteiger partial charge in [0.25, 0.3) is 0 Å². The summed E-state index contributed by atoms with van der Waals surface area (Å²) in [5.41, 5.74) is 1.74. The molecule has 1 heterocycles. The molecule has 0 fully saturated rings. The van der Waals surface area contributed by atoms with Crippen molar-refractivity contribution in [2.45, 2.75) is 33.2 Å². The van der Waals surface area contributed by atoms with E-state index in [1.165, 1.54) is 12.1 Å². The maximum Gasteiger partial charge on any atom is 0.196 e. The highest BCUT2D eigenvalue weighted by atomic mass is 19.1. The van der Waals surface area contributed by atoms with Crippen LogP contribution >= 0.6 is 0 Å². The number of nitrogens with zero attached hydrogens (tertiary/aromatic N) is 1. The molecule has 102 valence electrons. The second kappa shape index (κ2) is 5.97. The van der Waals surface area contributed by atoms with Crippen LogP contribution in [-0.4, -0.2) is 17.6 Å². The van der Waals surface area contributed by atoms with E-state index in [1.54, 1.807) is 12.3 Å². The van der Waals surface area contributed by atoms with E-state index in [0.29, 0.717) is 17.7 Å². The predicted molar refractivity (Wildman–Crippen MR) is 73.5 cm³/mol. The summed E-state index contributed by atoms with van der Waals surface area (Å²) in [7, 11) is 0. The largest absolute Gasteiger partial charge is 0.441 e. The zero-order valence-electron chi connectivity index (χ0n) is 11.5. The summed E-state index contributed by atoms with van der Waals surface area (Å²) in [6.07, 6.45) is 2.45. The van der Waals surface area contributed by atoms with Crippen molar-refractivity contribution in [3.05, 3.63) is 41.7 Å². The lowest BCUT2D eigenvalue weighted by Gasteiger charge is -2.05. The molecule has 0 amide bonds. The number of rotatable bonds is 5. The van der Waals surface area contributed by atoms with Gasteiger partial charge in [0.1, 0.15) is 5.82 Å². The zero-order valence-corrected chi connectivity index (χ0v) is 11.5. The summed E-state index contributed by atoms with van der Waals surface area (Å²) >= 11 is 0. The summed E-state index contributed by atoms with van der Waals surface area (Å²) in [6.45, 7) is 6.90. The van der Waals surface area contributed by atoms with E-state index >= 15 is 0 Å². The van der Waals surface area contributed by atoms with Gasteiger partial charge >= 0.3 is 0 Å². The minimum atomic E-state index is -0.234. The maximum absolute atomic E-state index is 13.1. The Morgan fingerprint density at radius 3 is 2.84 bits per heavy atom. The standard InChI is InChI=1S/C15H19FN2O/c1-10(2)17-7-6-15-18-9-14(19-15)13-5-4-12(16)8-11(13)3/h4-5,8-10,17H,6-7H2,1-3H3. The number of nitrogens with one attached hydrogen (secondary N) is 1. The monoisotopic (exact) mass is 262 g/mol. The van der Waals surface area contributed by atoms with Gasteiger partial charge in [0.2, 0.25) is 0 Å². The van der Waals surface area contributed by atoms with Gasteiger partial charge in [-0.1, -0.05) is 13.8 Å². The van der Waals surface area contributed by atoms with Crippen LogP contribution < -0.4 is 5.32 Å². The highest BCUT2D eigenvalue weighted by Crippen LogP contribution is 2.24. The molecule has 0 atom stereocenters. The lowest BCUT2D eigenvalue weighted by atomic mass is 10.1. The van der Waals surface area contributed by atoms with Crippen LogP contribution in [0.3, 0.4) is 0 Å². The summed E-state index contributed by atoms with van der Waals surface area (Å²) in [6, 6.07) is 5.11. The molecule has 19 heavy (non-hydrogen) atoms. The van der Waals surface area contributed by atoms with Crippen LogP contribution in [-0.2, 0) is 6.42 Å². The lowest BCUT2D eigenvalue weighted by Crippen LogP contribution is -2.24. The summed E-state index contributed by atoms with van der Waals surface area (Å²) in [5.74, 6) is 1.16. The molecular weight excluding hydrogens is 243 g/mol. The Hall–Kier alpha value is -1.68. The minimum Gasteiger partial charge on any atom is -0.441 e. The molecule has 0 aliphatic heterocycles. The highest BCUT2D eigenvalue weighted by molar-refractivity contribution is 5.60. The van der Waals surface area contributed by atoms with Crippen LogP contribution in [0.2, 0.25) is 0 Å². The average Bonchev–Trinajstić information content (AvgIpc) is 2.77. The number of halogens is 1. The fourth-order valence-corrected chi connectivity index (χ4v) is 1.92. The fourth-order valence-electron chi connectivity index (χ4n) is 1.92. The number of hydrogen-bond acceptors (Lipinski definition) is 3.